The Morgan fingerprint density at radius 2 is 1.77 bits per heavy atom. The van der Waals surface area contributed by atoms with E-state index < -0.39 is 0 Å². The zero-order valence-corrected chi connectivity index (χ0v) is 22.0. The summed E-state index contributed by atoms with van der Waals surface area (Å²) in [6, 6.07) is 18.5. The monoisotopic (exact) mass is 515 g/mol. The van der Waals surface area contributed by atoms with Crippen molar-refractivity contribution in [1.82, 2.24) is 34.3 Å². The number of hydrogen-bond acceptors (Lipinski definition) is 7. The van der Waals surface area contributed by atoms with Gasteiger partial charge in [0.15, 0.2) is 0 Å². The van der Waals surface area contributed by atoms with Gasteiger partial charge in [-0.05, 0) is 38.0 Å². The lowest BCUT2D eigenvalue weighted by Gasteiger charge is -2.56. The van der Waals surface area contributed by atoms with E-state index >= 15 is 0 Å². The molecule has 0 radical (unpaired) electrons. The van der Waals surface area contributed by atoms with Crippen LogP contribution in [0.25, 0.3) is 28.0 Å². The van der Waals surface area contributed by atoms with Crippen LogP contribution in [-0.2, 0) is 6.54 Å². The van der Waals surface area contributed by atoms with Gasteiger partial charge in [0.2, 0.25) is 0 Å². The number of aromatic nitrogens is 6. The number of piperazine rings is 1. The smallest absolute Gasteiger partial charge is 0.128 e. The Bertz CT molecular complexity index is 1670. The molecule has 0 spiro atoms. The van der Waals surface area contributed by atoms with Crippen LogP contribution in [0.2, 0.25) is 0 Å². The Morgan fingerprint density at radius 1 is 0.949 bits per heavy atom. The van der Waals surface area contributed by atoms with Crippen molar-refractivity contribution in [1.29, 1.82) is 5.26 Å². The maximum atomic E-state index is 9.73. The van der Waals surface area contributed by atoms with Crippen molar-refractivity contribution in [2.24, 2.45) is 0 Å². The number of fused-ring (bicyclic) bond motifs is 3. The molecule has 4 aromatic heterocycles. The summed E-state index contributed by atoms with van der Waals surface area (Å²) in [5.41, 5.74) is 5.73. The van der Waals surface area contributed by atoms with E-state index in [4.69, 9.17) is 9.97 Å². The number of nitrogens with zero attached hydrogens (tertiary/aromatic N) is 9. The highest BCUT2D eigenvalue weighted by Crippen LogP contribution is 2.36. The number of benzene rings is 1. The van der Waals surface area contributed by atoms with Gasteiger partial charge in [-0.3, -0.25) is 9.58 Å². The molecule has 3 saturated heterocycles. The van der Waals surface area contributed by atoms with Gasteiger partial charge in [-0.2, -0.15) is 15.5 Å². The Hall–Kier alpha value is -4.55. The van der Waals surface area contributed by atoms with Gasteiger partial charge in [0, 0.05) is 61.3 Å². The van der Waals surface area contributed by atoms with Gasteiger partial charge in [0.1, 0.15) is 23.0 Å². The van der Waals surface area contributed by atoms with E-state index in [2.05, 4.69) is 82.4 Å². The van der Waals surface area contributed by atoms with Crippen LogP contribution in [0.3, 0.4) is 0 Å². The molecule has 2 unspecified atom stereocenters. The van der Waals surface area contributed by atoms with Crippen molar-refractivity contribution in [3.05, 3.63) is 84.6 Å². The maximum absolute atomic E-state index is 9.73. The second kappa shape index (κ2) is 9.33. The number of piperidine rings is 1. The van der Waals surface area contributed by atoms with E-state index in [1.54, 1.807) is 10.7 Å². The van der Waals surface area contributed by atoms with E-state index in [0.717, 1.165) is 42.3 Å². The van der Waals surface area contributed by atoms with Crippen LogP contribution in [0.4, 0.5) is 5.82 Å². The van der Waals surface area contributed by atoms with E-state index in [0.29, 0.717) is 28.9 Å². The van der Waals surface area contributed by atoms with E-state index in [1.807, 2.05) is 29.5 Å². The van der Waals surface area contributed by atoms with Crippen LogP contribution in [-0.4, -0.2) is 59.4 Å². The first-order valence-electron chi connectivity index (χ1n) is 13.4. The van der Waals surface area contributed by atoms with Crippen LogP contribution in [0.5, 0.6) is 0 Å². The molecule has 5 aromatic rings. The Morgan fingerprint density at radius 3 is 2.46 bits per heavy atom. The summed E-state index contributed by atoms with van der Waals surface area (Å²) in [5, 5.41) is 18.6. The molecule has 3 aliphatic rings. The van der Waals surface area contributed by atoms with Crippen molar-refractivity contribution >= 4 is 11.3 Å². The third-order valence-electron chi connectivity index (χ3n) is 7.94. The second-order valence-corrected chi connectivity index (χ2v) is 10.8. The molecule has 3 fully saturated rings. The zero-order chi connectivity index (χ0) is 26.5. The molecule has 7 heterocycles. The first-order chi connectivity index (χ1) is 19.1. The van der Waals surface area contributed by atoms with Gasteiger partial charge in [-0.1, -0.05) is 30.3 Å². The molecule has 0 N–H and O–H groups in total. The average Bonchev–Trinajstić information content (AvgIpc) is 3.64. The maximum Gasteiger partial charge on any atom is 0.128 e. The lowest BCUT2D eigenvalue weighted by Crippen LogP contribution is -2.68. The fourth-order valence-electron chi connectivity index (χ4n) is 5.83. The lowest BCUT2D eigenvalue weighted by molar-refractivity contribution is -0.00867. The first kappa shape index (κ1) is 23.6. The molecule has 2 atom stereocenters. The normalized spacial score (nSPS) is 18.9. The average molecular weight is 516 g/mol. The number of rotatable bonds is 6. The summed E-state index contributed by atoms with van der Waals surface area (Å²) >= 11 is 0. The number of pyridine rings is 1. The Balaban J connectivity index is 1.16. The van der Waals surface area contributed by atoms with E-state index in [-0.39, 0.29) is 6.04 Å². The highest BCUT2D eigenvalue weighted by atomic mass is 15.4. The van der Waals surface area contributed by atoms with Crippen molar-refractivity contribution < 1.29 is 0 Å². The minimum atomic E-state index is 0.250. The summed E-state index contributed by atoms with van der Waals surface area (Å²) in [4.78, 5) is 14.9. The summed E-state index contributed by atoms with van der Waals surface area (Å²) in [5.74, 6) is 0.979. The van der Waals surface area contributed by atoms with E-state index in [9.17, 15) is 5.26 Å². The molecular weight excluding hydrogens is 486 g/mol. The molecule has 2 bridgehead atoms. The molecule has 8 rings (SSSR count). The standard InChI is InChI=1S/C30H29N9/c1-20(2)38-16-24(14-33-38)27-19-39-30(23(11-31)13-34-39)29(35-27)22-8-9-28(32-12-22)36-17-25-10-26(18-36)37(25)15-21-6-4-3-5-7-21/h3-9,12-14,16,19-20,25-26H,10,15,17-18H2,1-2H3. The van der Waals surface area contributed by atoms with E-state index in [1.165, 1.54) is 12.0 Å². The lowest BCUT2D eigenvalue weighted by atomic mass is 9.86. The molecule has 0 saturated carbocycles. The SMILES string of the molecule is CC(C)n1cc(-c2cn3ncc(C#N)c3c(-c3ccc(N4CC5CC(C4)N5Cc4ccccc4)nc3)n2)cn1. The zero-order valence-electron chi connectivity index (χ0n) is 22.0. The molecule has 194 valence electrons. The predicted octanol–water partition coefficient (Wildman–Crippen LogP) is 4.57. The predicted molar refractivity (Wildman–Crippen MR) is 149 cm³/mol. The summed E-state index contributed by atoms with van der Waals surface area (Å²) < 4.78 is 3.64. The summed E-state index contributed by atoms with van der Waals surface area (Å²) in [6.45, 7) is 7.15. The van der Waals surface area contributed by atoms with Gasteiger partial charge < -0.3 is 4.90 Å². The highest BCUT2D eigenvalue weighted by Gasteiger charge is 2.44. The van der Waals surface area contributed by atoms with Crippen LogP contribution in [0, 0.1) is 11.3 Å². The first-order valence-corrected chi connectivity index (χ1v) is 13.4. The number of anilines is 1. The minimum Gasteiger partial charge on any atom is -0.353 e. The largest absolute Gasteiger partial charge is 0.353 e. The number of hydrogen-bond donors (Lipinski definition) is 0. The van der Waals surface area contributed by atoms with Crippen LogP contribution in [0.15, 0.2) is 73.4 Å². The fraction of sp³-hybridized carbons (Fsp3) is 0.300. The molecule has 3 aliphatic heterocycles. The van der Waals surface area contributed by atoms with Gasteiger partial charge >= 0.3 is 0 Å². The quantitative estimate of drug-likeness (QED) is 0.327. The third-order valence-corrected chi connectivity index (χ3v) is 7.94. The Kier molecular flexibility index (Phi) is 5.63. The minimum absolute atomic E-state index is 0.250. The van der Waals surface area contributed by atoms with Crippen molar-refractivity contribution in [2.45, 2.75) is 44.9 Å². The third kappa shape index (κ3) is 4.14. The molecule has 1 aromatic carbocycles. The van der Waals surface area contributed by atoms with Gasteiger partial charge in [0.25, 0.3) is 0 Å². The number of nitriles is 1. The van der Waals surface area contributed by atoms with Gasteiger partial charge in [-0.15, -0.1) is 0 Å². The molecule has 39 heavy (non-hydrogen) atoms. The van der Waals surface area contributed by atoms with Gasteiger partial charge in [-0.25, -0.2) is 14.5 Å². The topological polar surface area (TPSA) is 91.2 Å². The van der Waals surface area contributed by atoms with Gasteiger partial charge in [0.05, 0.1) is 30.0 Å². The van der Waals surface area contributed by atoms with Crippen molar-refractivity contribution in [3.8, 4) is 28.6 Å². The summed E-state index contributed by atoms with van der Waals surface area (Å²) in [6.07, 6.45) is 10.4. The summed E-state index contributed by atoms with van der Waals surface area (Å²) in [7, 11) is 0. The van der Waals surface area contributed by atoms with Crippen molar-refractivity contribution in [2.75, 3.05) is 18.0 Å². The van der Waals surface area contributed by atoms with Crippen LogP contribution >= 0.6 is 0 Å². The molecule has 9 heteroatoms. The molecule has 9 nitrogen and oxygen atoms in total. The highest BCUT2D eigenvalue weighted by molar-refractivity contribution is 5.83. The Labute approximate surface area is 227 Å². The molecular formula is C30H29N9. The van der Waals surface area contributed by atoms with Crippen molar-refractivity contribution in [3.63, 3.8) is 0 Å². The molecule has 0 aliphatic carbocycles. The molecule has 0 amide bonds. The van der Waals surface area contributed by atoms with Crippen LogP contribution < -0.4 is 4.90 Å². The fourth-order valence-corrected chi connectivity index (χ4v) is 5.83. The second-order valence-electron chi connectivity index (χ2n) is 10.8. The van der Waals surface area contributed by atoms with Crippen LogP contribution in [0.1, 0.15) is 37.4 Å².